The van der Waals surface area contributed by atoms with Crippen LogP contribution in [-0.2, 0) is 6.42 Å². The molecule has 5 nitrogen and oxygen atoms in total. The molecule has 0 fully saturated rings. The Kier molecular flexibility index (Phi) is 6.29. The smallest absolute Gasteiger partial charge is 0.321 e. The summed E-state index contributed by atoms with van der Waals surface area (Å²) in [6.07, 6.45) is 0.972. The summed E-state index contributed by atoms with van der Waals surface area (Å²) in [6, 6.07) is 14.8. The number of ether oxygens (including phenoxy) is 2. The van der Waals surface area contributed by atoms with E-state index in [4.69, 9.17) is 9.47 Å². The number of amides is 2. The average molecular weight is 314 g/mol. The van der Waals surface area contributed by atoms with Gasteiger partial charge in [0.2, 0.25) is 0 Å². The molecular formula is C18H22N2O3. The van der Waals surface area contributed by atoms with Crippen LogP contribution in [0.1, 0.15) is 19.4 Å². The third-order valence-electron chi connectivity index (χ3n) is 3.23. The molecule has 0 bridgehead atoms. The molecule has 0 spiro atoms. The lowest BCUT2D eigenvalue weighted by atomic mass is 10.1. The van der Waals surface area contributed by atoms with Crippen molar-refractivity contribution in [3.05, 3.63) is 54.1 Å². The number of urea groups is 1. The van der Waals surface area contributed by atoms with Gasteiger partial charge in [0.15, 0.2) is 18.2 Å². The molecule has 0 aliphatic heterocycles. The maximum absolute atomic E-state index is 11.8. The summed E-state index contributed by atoms with van der Waals surface area (Å²) >= 11 is 0. The van der Waals surface area contributed by atoms with Crippen LogP contribution >= 0.6 is 0 Å². The fourth-order valence-electron chi connectivity index (χ4n) is 2.02. The van der Waals surface area contributed by atoms with Crippen LogP contribution in [0.25, 0.3) is 0 Å². The van der Waals surface area contributed by atoms with E-state index in [0.717, 1.165) is 12.1 Å². The SMILES string of the molecule is CCOc1ccccc1OCNC(=O)Nc1ccc(CC)cc1. The van der Waals surface area contributed by atoms with Crippen molar-refractivity contribution >= 4 is 11.7 Å². The topological polar surface area (TPSA) is 59.6 Å². The Morgan fingerprint density at radius 1 is 0.957 bits per heavy atom. The predicted octanol–water partition coefficient (Wildman–Crippen LogP) is 3.81. The van der Waals surface area contributed by atoms with Gasteiger partial charge in [-0.05, 0) is 43.2 Å². The lowest BCUT2D eigenvalue weighted by Crippen LogP contribution is -2.32. The summed E-state index contributed by atoms with van der Waals surface area (Å²) in [5.74, 6) is 1.26. The maximum Gasteiger partial charge on any atom is 0.321 e. The molecule has 2 rings (SSSR count). The van der Waals surface area contributed by atoms with Crippen molar-refractivity contribution in [1.29, 1.82) is 0 Å². The van der Waals surface area contributed by atoms with E-state index in [0.29, 0.717) is 18.1 Å². The van der Waals surface area contributed by atoms with E-state index in [2.05, 4.69) is 17.6 Å². The van der Waals surface area contributed by atoms with E-state index in [1.165, 1.54) is 5.56 Å². The number of carbonyl (C=O) groups excluding carboxylic acids is 1. The van der Waals surface area contributed by atoms with Crippen molar-refractivity contribution in [1.82, 2.24) is 5.32 Å². The molecule has 0 radical (unpaired) electrons. The Morgan fingerprint density at radius 3 is 2.22 bits per heavy atom. The number of hydrogen-bond acceptors (Lipinski definition) is 3. The number of para-hydroxylation sites is 2. The van der Waals surface area contributed by atoms with Gasteiger partial charge in [-0.1, -0.05) is 31.2 Å². The minimum absolute atomic E-state index is 0.0585. The van der Waals surface area contributed by atoms with Crippen LogP contribution in [0.5, 0.6) is 11.5 Å². The summed E-state index contributed by atoms with van der Waals surface area (Å²) in [5, 5.41) is 5.41. The van der Waals surface area contributed by atoms with Gasteiger partial charge in [0, 0.05) is 5.69 Å². The molecule has 0 saturated carbocycles. The first kappa shape index (κ1) is 16.7. The van der Waals surface area contributed by atoms with Crippen molar-refractivity contribution in [3.8, 4) is 11.5 Å². The highest BCUT2D eigenvalue weighted by Gasteiger charge is 2.05. The highest BCUT2D eigenvalue weighted by molar-refractivity contribution is 5.89. The zero-order chi connectivity index (χ0) is 16.5. The van der Waals surface area contributed by atoms with Crippen molar-refractivity contribution in [3.63, 3.8) is 0 Å². The highest BCUT2D eigenvalue weighted by atomic mass is 16.5. The van der Waals surface area contributed by atoms with Gasteiger partial charge in [0.25, 0.3) is 0 Å². The average Bonchev–Trinajstić information content (AvgIpc) is 2.57. The van der Waals surface area contributed by atoms with Gasteiger partial charge in [-0.3, -0.25) is 0 Å². The fourth-order valence-corrected chi connectivity index (χ4v) is 2.02. The molecule has 0 unspecified atom stereocenters. The third kappa shape index (κ3) is 5.21. The second-order valence-electron chi connectivity index (χ2n) is 4.85. The molecule has 2 aromatic rings. The Morgan fingerprint density at radius 2 is 1.61 bits per heavy atom. The summed E-state index contributed by atoms with van der Waals surface area (Å²) < 4.78 is 11.0. The first-order chi connectivity index (χ1) is 11.2. The number of aryl methyl sites for hydroxylation is 1. The third-order valence-corrected chi connectivity index (χ3v) is 3.23. The molecule has 2 N–H and O–H groups in total. The maximum atomic E-state index is 11.8. The van der Waals surface area contributed by atoms with E-state index >= 15 is 0 Å². The van der Waals surface area contributed by atoms with Crippen LogP contribution in [0, 0.1) is 0 Å². The number of anilines is 1. The van der Waals surface area contributed by atoms with E-state index in [1.54, 1.807) is 6.07 Å². The summed E-state index contributed by atoms with van der Waals surface area (Å²) in [6.45, 7) is 4.61. The minimum atomic E-state index is -0.317. The van der Waals surface area contributed by atoms with Crippen molar-refractivity contribution in [2.24, 2.45) is 0 Å². The van der Waals surface area contributed by atoms with E-state index < -0.39 is 0 Å². The number of nitrogens with one attached hydrogen (secondary N) is 2. The molecule has 2 aromatic carbocycles. The van der Waals surface area contributed by atoms with Gasteiger partial charge in [0.05, 0.1) is 6.61 Å². The molecule has 0 atom stereocenters. The monoisotopic (exact) mass is 314 g/mol. The van der Waals surface area contributed by atoms with Crippen LogP contribution < -0.4 is 20.1 Å². The molecule has 0 heterocycles. The van der Waals surface area contributed by atoms with E-state index in [9.17, 15) is 4.79 Å². The Labute approximate surface area is 136 Å². The predicted molar refractivity (Wildman–Crippen MR) is 91.1 cm³/mol. The van der Waals surface area contributed by atoms with Crippen LogP contribution in [0.2, 0.25) is 0 Å². The van der Waals surface area contributed by atoms with Crippen molar-refractivity contribution in [2.45, 2.75) is 20.3 Å². The normalized spacial score (nSPS) is 10.0. The van der Waals surface area contributed by atoms with E-state index in [1.807, 2.05) is 49.4 Å². The van der Waals surface area contributed by atoms with E-state index in [-0.39, 0.29) is 12.8 Å². The Hall–Kier alpha value is -2.69. The summed E-state index contributed by atoms with van der Waals surface area (Å²) in [5.41, 5.74) is 1.97. The Bertz CT molecular complexity index is 626. The largest absolute Gasteiger partial charge is 0.490 e. The van der Waals surface area contributed by atoms with Gasteiger partial charge in [-0.2, -0.15) is 0 Å². The molecule has 0 aliphatic carbocycles. The molecule has 0 aliphatic rings. The standard InChI is InChI=1S/C18H22N2O3/c1-3-14-9-11-15(12-10-14)20-18(21)19-13-23-17-8-6-5-7-16(17)22-4-2/h5-12H,3-4,13H2,1-2H3,(H2,19,20,21). The lowest BCUT2D eigenvalue weighted by molar-refractivity contribution is 0.229. The fraction of sp³-hybridized carbons (Fsp3) is 0.278. The molecule has 0 saturated heterocycles. The van der Waals surface area contributed by atoms with Crippen LogP contribution in [0.15, 0.2) is 48.5 Å². The van der Waals surface area contributed by atoms with Crippen molar-refractivity contribution < 1.29 is 14.3 Å². The van der Waals surface area contributed by atoms with Crippen LogP contribution in [0.3, 0.4) is 0 Å². The number of hydrogen-bond donors (Lipinski definition) is 2. The quantitative estimate of drug-likeness (QED) is 0.764. The molecule has 122 valence electrons. The zero-order valence-corrected chi connectivity index (χ0v) is 13.5. The second-order valence-corrected chi connectivity index (χ2v) is 4.85. The molecule has 23 heavy (non-hydrogen) atoms. The number of rotatable bonds is 7. The summed E-state index contributed by atoms with van der Waals surface area (Å²) in [7, 11) is 0. The molecule has 5 heteroatoms. The second kappa shape index (κ2) is 8.68. The number of benzene rings is 2. The van der Waals surface area contributed by atoms with Gasteiger partial charge < -0.3 is 20.1 Å². The van der Waals surface area contributed by atoms with Gasteiger partial charge >= 0.3 is 6.03 Å². The van der Waals surface area contributed by atoms with Gasteiger partial charge in [0.1, 0.15) is 0 Å². The van der Waals surface area contributed by atoms with Crippen LogP contribution in [0.4, 0.5) is 10.5 Å². The molecule has 0 aromatic heterocycles. The van der Waals surface area contributed by atoms with Crippen LogP contribution in [-0.4, -0.2) is 19.4 Å². The Balaban J connectivity index is 1.80. The van der Waals surface area contributed by atoms with Crippen molar-refractivity contribution in [2.75, 3.05) is 18.7 Å². The first-order valence-corrected chi connectivity index (χ1v) is 7.71. The molecular weight excluding hydrogens is 292 g/mol. The highest BCUT2D eigenvalue weighted by Crippen LogP contribution is 2.25. The minimum Gasteiger partial charge on any atom is -0.490 e. The van der Waals surface area contributed by atoms with Gasteiger partial charge in [-0.25, -0.2) is 4.79 Å². The first-order valence-electron chi connectivity index (χ1n) is 7.71. The summed E-state index contributed by atoms with van der Waals surface area (Å²) in [4.78, 5) is 11.8. The zero-order valence-electron chi connectivity index (χ0n) is 13.5. The lowest BCUT2D eigenvalue weighted by Gasteiger charge is -2.12. The molecule has 2 amide bonds. The van der Waals surface area contributed by atoms with Gasteiger partial charge in [-0.15, -0.1) is 0 Å². The number of carbonyl (C=O) groups is 1.